The average molecular weight is 604 g/mol. The Bertz CT molecular complexity index is 1140. The van der Waals surface area contributed by atoms with Crippen LogP contribution in [0.25, 0.3) is 0 Å². The quantitative estimate of drug-likeness (QED) is 0.210. The van der Waals surface area contributed by atoms with Crippen LogP contribution in [0.15, 0.2) is 40.9 Å². The van der Waals surface area contributed by atoms with Crippen LogP contribution in [0.5, 0.6) is 17.2 Å². The van der Waals surface area contributed by atoms with Crippen LogP contribution in [0.1, 0.15) is 32.4 Å². The van der Waals surface area contributed by atoms with Gasteiger partial charge >= 0.3 is 0 Å². The average Bonchev–Trinajstić information content (AvgIpc) is 2.84. The molecule has 0 unspecified atom stereocenters. The minimum absolute atomic E-state index is 0.0531. The Morgan fingerprint density at radius 1 is 1.08 bits per heavy atom. The largest absolute Gasteiger partial charge is 0.506 e. The number of carbonyl (C=O) groups is 1. The van der Waals surface area contributed by atoms with Gasteiger partial charge in [0.25, 0.3) is 5.91 Å². The first-order chi connectivity index (χ1) is 17.0. The minimum atomic E-state index is -3.60. The molecule has 0 radical (unpaired) electrons. The molecule has 0 heterocycles. The van der Waals surface area contributed by atoms with Crippen molar-refractivity contribution in [3.05, 3.63) is 46.4 Å². The van der Waals surface area contributed by atoms with Crippen LogP contribution in [0.2, 0.25) is 18.1 Å². The third-order valence-electron chi connectivity index (χ3n) is 5.98. The van der Waals surface area contributed by atoms with Gasteiger partial charge in [-0.25, -0.2) is 8.42 Å². The van der Waals surface area contributed by atoms with Crippen molar-refractivity contribution in [1.29, 1.82) is 0 Å². The highest BCUT2D eigenvalue weighted by atomic mass is 79.9. The molecule has 2 aromatic carbocycles. The first-order valence-corrected chi connectivity index (χ1v) is 16.9. The smallest absolute Gasteiger partial charge is 0.258 e. The fourth-order valence-corrected chi connectivity index (χ4v) is 7.45. The fraction of sp³-hybridized carbons (Fsp3) is 0.458. The van der Waals surface area contributed by atoms with Crippen molar-refractivity contribution in [2.45, 2.75) is 45.0 Å². The summed E-state index contributed by atoms with van der Waals surface area (Å²) >= 11 is 3.37. The number of amides is 1. The molecule has 0 fully saturated rings. The van der Waals surface area contributed by atoms with Crippen molar-refractivity contribution < 1.29 is 32.2 Å². The summed E-state index contributed by atoms with van der Waals surface area (Å²) in [6, 6.07) is 12.5. The Morgan fingerprint density at radius 2 is 1.75 bits per heavy atom. The molecule has 0 spiro atoms. The van der Waals surface area contributed by atoms with Crippen molar-refractivity contribution in [3.63, 3.8) is 0 Å². The highest BCUT2D eigenvalue weighted by molar-refractivity contribution is 9.10. The van der Waals surface area contributed by atoms with E-state index >= 15 is 0 Å². The third-order valence-corrected chi connectivity index (χ3v) is 11.7. The lowest BCUT2D eigenvalue weighted by Gasteiger charge is -2.34. The highest BCUT2D eigenvalue weighted by Crippen LogP contribution is 2.34. The number of methoxy groups -OCH3 is 1. The lowest BCUT2D eigenvalue weighted by atomic mass is 10.1. The van der Waals surface area contributed by atoms with E-state index in [1.165, 1.54) is 19.2 Å². The highest BCUT2D eigenvalue weighted by Gasteiger charge is 2.33. The van der Waals surface area contributed by atoms with E-state index < -0.39 is 24.4 Å². The Balaban J connectivity index is 2.22. The summed E-state index contributed by atoms with van der Waals surface area (Å²) in [5, 5.41) is 13.0. The molecule has 0 aliphatic rings. The molecule has 36 heavy (non-hydrogen) atoms. The van der Waals surface area contributed by atoms with Gasteiger partial charge in [-0.2, -0.15) is 0 Å². The number of phenols is 1. The maximum absolute atomic E-state index is 12.6. The van der Waals surface area contributed by atoms with Crippen molar-refractivity contribution in [3.8, 4) is 17.2 Å². The topological polar surface area (TPSA) is 123 Å². The number of benzene rings is 2. The van der Waals surface area contributed by atoms with E-state index in [4.69, 9.17) is 13.9 Å². The Morgan fingerprint density at radius 3 is 2.33 bits per heavy atom. The minimum Gasteiger partial charge on any atom is -0.506 e. The molecule has 3 N–H and O–H groups in total. The van der Waals surface area contributed by atoms with E-state index in [-0.39, 0.29) is 30.5 Å². The van der Waals surface area contributed by atoms with Gasteiger partial charge in [-0.1, -0.05) is 42.8 Å². The molecule has 9 nitrogen and oxygen atoms in total. The van der Waals surface area contributed by atoms with Crippen LogP contribution in [0, 0.1) is 0 Å². The number of halogens is 1. The van der Waals surface area contributed by atoms with Gasteiger partial charge in [0.1, 0.15) is 5.75 Å². The Kier molecular flexibility index (Phi) is 11.1. The molecule has 1 atom stereocenters. The second kappa shape index (κ2) is 13.3. The fourth-order valence-electron chi connectivity index (χ4n) is 3.73. The molecule has 2 rings (SSSR count). The van der Waals surface area contributed by atoms with E-state index in [0.29, 0.717) is 17.1 Å². The number of aromatic hydroxyl groups is 1. The number of rotatable bonds is 14. The zero-order valence-corrected chi connectivity index (χ0v) is 24.7. The Hall–Kier alpha value is -2.28. The lowest BCUT2D eigenvalue weighted by molar-refractivity contribution is -0.123. The second-order valence-electron chi connectivity index (χ2n) is 8.39. The van der Waals surface area contributed by atoms with Crippen molar-refractivity contribution in [2.24, 2.45) is 0 Å². The molecule has 2 aromatic rings. The molecule has 1 amide bonds. The van der Waals surface area contributed by atoms with Crippen LogP contribution in [0.4, 0.5) is 5.69 Å². The number of hydrogen-bond acceptors (Lipinski definition) is 7. The Labute approximate surface area is 222 Å². The molecule has 0 aromatic heterocycles. The summed E-state index contributed by atoms with van der Waals surface area (Å²) in [4.78, 5) is 12.6. The van der Waals surface area contributed by atoms with Crippen LogP contribution >= 0.6 is 15.9 Å². The number of nitrogens with one attached hydrogen (secondary N) is 2. The SMILES string of the molecule is CC[Si](CC)(CC)O[C@@H](CNC(=O)COc1ccc(Br)cc1OC)c1ccc(O)c(NS(C)(=O)=O)c1. The van der Waals surface area contributed by atoms with Gasteiger partial charge in [0, 0.05) is 11.0 Å². The number of sulfonamides is 1. The van der Waals surface area contributed by atoms with Gasteiger partial charge in [0.05, 0.1) is 25.2 Å². The molecule has 200 valence electrons. The van der Waals surface area contributed by atoms with E-state index in [9.17, 15) is 18.3 Å². The van der Waals surface area contributed by atoms with Crippen molar-refractivity contribution in [1.82, 2.24) is 5.32 Å². The summed E-state index contributed by atoms with van der Waals surface area (Å²) in [6.45, 7) is 6.22. The monoisotopic (exact) mass is 602 g/mol. The number of ether oxygens (including phenoxy) is 2. The summed E-state index contributed by atoms with van der Waals surface area (Å²) in [6.07, 6.45) is 0.472. The predicted molar refractivity (Wildman–Crippen MR) is 147 cm³/mol. The van der Waals surface area contributed by atoms with Crippen LogP contribution in [-0.4, -0.2) is 54.3 Å². The molecular formula is C24H35BrN2O7SSi. The van der Waals surface area contributed by atoms with E-state index in [2.05, 4.69) is 46.7 Å². The van der Waals surface area contributed by atoms with Gasteiger partial charge in [0.15, 0.2) is 26.4 Å². The summed E-state index contributed by atoms with van der Waals surface area (Å²) in [5.74, 6) is 0.387. The lowest BCUT2D eigenvalue weighted by Crippen LogP contribution is -2.41. The van der Waals surface area contributed by atoms with E-state index in [0.717, 1.165) is 28.9 Å². The molecular weight excluding hydrogens is 568 g/mol. The zero-order valence-electron chi connectivity index (χ0n) is 21.3. The second-order valence-corrected chi connectivity index (χ2v) is 15.8. The molecule has 0 saturated heterocycles. The normalized spacial score (nSPS) is 12.6. The maximum atomic E-state index is 12.6. The number of carbonyl (C=O) groups excluding carboxylic acids is 1. The zero-order chi connectivity index (χ0) is 26.9. The van der Waals surface area contributed by atoms with Gasteiger partial charge < -0.3 is 24.3 Å². The number of hydrogen-bond donors (Lipinski definition) is 3. The van der Waals surface area contributed by atoms with Gasteiger partial charge in [-0.3, -0.25) is 9.52 Å². The van der Waals surface area contributed by atoms with Crippen molar-refractivity contribution in [2.75, 3.05) is 31.2 Å². The van der Waals surface area contributed by atoms with Crippen LogP contribution in [0.3, 0.4) is 0 Å². The molecule has 0 saturated carbocycles. The van der Waals surface area contributed by atoms with Gasteiger partial charge in [0.2, 0.25) is 10.0 Å². The van der Waals surface area contributed by atoms with E-state index in [1.807, 2.05) is 0 Å². The van der Waals surface area contributed by atoms with Crippen LogP contribution < -0.4 is 19.5 Å². The summed E-state index contributed by atoms with van der Waals surface area (Å²) in [5.41, 5.74) is 0.694. The summed E-state index contributed by atoms with van der Waals surface area (Å²) < 4.78 is 44.2. The van der Waals surface area contributed by atoms with E-state index in [1.54, 1.807) is 24.3 Å². The summed E-state index contributed by atoms with van der Waals surface area (Å²) in [7, 11) is -4.19. The first-order valence-electron chi connectivity index (χ1n) is 11.7. The molecule has 0 aliphatic heterocycles. The van der Waals surface area contributed by atoms with Gasteiger partial charge in [-0.05, 0) is 54.0 Å². The number of anilines is 1. The predicted octanol–water partition coefficient (Wildman–Crippen LogP) is 4.79. The molecule has 12 heteroatoms. The first kappa shape index (κ1) is 29.9. The number of phenolic OH excluding ortho intramolecular Hbond substituents is 1. The molecule has 0 bridgehead atoms. The van der Waals surface area contributed by atoms with Crippen LogP contribution in [-0.2, 0) is 19.2 Å². The van der Waals surface area contributed by atoms with Gasteiger partial charge in [-0.15, -0.1) is 0 Å². The third kappa shape index (κ3) is 8.68. The molecule has 0 aliphatic carbocycles. The standard InChI is InChI=1S/C24H35BrN2O7SSi/c1-6-36(7-2,8-3)34-23(17-9-11-20(28)19(13-17)27-35(5,30)31)15-26-24(29)16-33-21-12-10-18(25)14-22(21)32-4/h9-14,23,27-28H,6-8,15-16H2,1-5H3,(H,26,29)/t23-/m0/s1. The maximum Gasteiger partial charge on any atom is 0.258 e. The van der Waals surface area contributed by atoms with Crippen molar-refractivity contribution >= 4 is 45.9 Å².